The van der Waals surface area contributed by atoms with Gasteiger partial charge in [-0.05, 0) is 45.2 Å². The third-order valence-electron chi connectivity index (χ3n) is 4.95. The first-order valence-electron chi connectivity index (χ1n) is 9.72. The second-order valence-corrected chi connectivity index (χ2v) is 6.92. The van der Waals surface area contributed by atoms with E-state index in [0.717, 1.165) is 0 Å². The predicted molar refractivity (Wildman–Crippen MR) is 113 cm³/mol. The fraction of sp³-hybridized carbons (Fsp3) is 0.360. The van der Waals surface area contributed by atoms with Crippen LogP contribution in [0.25, 0.3) is 21.9 Å². The van der Waals surface area contributed by atoms with Crippen LogP contribution in [0.5, 0.6) is 0 Å². The Balaban J connectivity index is 0.000000334. The third kappa shape index (κ3) is 3.63. The summed E-state index contributed by atoms with van der Waals surface area (Å²) in [6, 6.07) is 22.1. The Morgan fingerprint density at radius 3 is 1.76 bits per heavy atom. The third-order valence-corrected chi connectivity index (χ3v) is 4.95. The fourth-order valence-corrected chi connectivity index (χ4v) is 3.39. The van der Waals surface area contributed by atoms with Crippen molar-refractivity contribution >= 4 is 10.8 Å². The van der Waals surface area contributed by atoms with Crippen LogP contribution in [0.1, 0.15) is 65.5 Å². The maximum absolute atomic E-state index is 2.37. The molecule has 0 aliphatic heterocycles. The van der Waals surface area contributed by atoms with Crippen LogP contribution in [0, 0.1) is 0 Å². The number of fused-ring (bicyclic) bond motifs is 4. The molecule has 0 spiro atoms. The Labute approximate surface area is 153 Å². The zero-order chi connectivity index (χ0) is 18.4. The van der Waals surface area contributed by atoms with E-state index in [1.807, 2.05) is 13.8 Å². The first kappa shape index (κ1) is 19.2. The molecule has 1 aliphatic rings. The van der Waals surface area contributed by atoms with E-state index in [1.165, 1.54) is 45.9 Å². The second kappa shape index (κ2) is 8.34. The van der Waals surface area contributed by atoms with E-state index in [0.29, 0.717) is 0 Å². The van der Waals surface area contributed by atoms with Crippen molar-refractivity contribution in [1.82, 2.24) is 0 Å². The summed E-state index contributed by atoms with van der Waals surface area (Å²) in [5.74, 6) is 0. The number of hydrogen-bond donors (Lipinski definition) is 0. The molecule has 25 heavy (non-hydrogen) atoms. The minimum absolute atomic E-state index is 0.107. The molecule has 0 saturated heterocycles. The first-order valence-corrected chi connectivity index (χ1v) is 9.72. The van der Waals surface area contributed by atoms with E-state index in [2.05, 4.69) is 88.4 Å². The van der Waals surface area contributed by atoms with Crippen LogP contribution in [-0.4, -0.2) is 0 Å². The van der Waals surface area contributed by atoms with Crippen LogP contribution in [0.3, 0.4) is 0 Å². The van der Waals surface area contributed by atoms with Crippen molar-refractivity contribution in [3.8, 4) is 11.1 Å². The van der Waals surface area contributed by atoms with Gasteiger partial charge in [-0.1, -0.05) is 103 Å². The van der Waals surface area contributed by atoms with Crippen molar-refractivity contribution in [3.05, 3.63) is 71.8 Å². The summed E-state index contributed by atoms with van der Waals surface area (Å²) in [5, 5.41) is 2.66. The van der Waals surface area contributed by atoms with E-state index in [1.54, 1.807) is 0 Å². The summed E-state index contributed by atoms with van der Waals surface area (Å²) in [6.45, 7) is 13.0. The van der Waals surface area contributed by atoms with Crippen molar-refractivity contribution < 1.29 is 0 Å². The largest absolute Gasteiger partial charge is 0.0683 e. The Hall–Kier alpha value is -2.08. The lowest BCUT2D eigenvalue weighted by Crippen LogP contribution is -2.14. The van der Waals surface area contributed by atoms with Gasteiger partial charge in [0.25, 0.3) is 0 Å². The highest BCUT2D eigenvalue weighted by Crippen LogP contribution is 2.49. The van der Waals surface area contributed by atoms with E-state index in [-0.39, 0.29) is 5.41 Å². The summed E-state index contributed by atoms with van der Waals surface area (Å²) < 4.78 is 0. The minimum Gasteiger partial charge on any atom is -0.0683 e. The van der Waals surface area contributed by atoms with Crippen LogP contribution < -0.4 is 0 Å². The van der Waals surface area contributed by atoms with Gasteiger partial charge in [0.1, 0.15) is 0 Å². The van der Waals surface area contributed by atoms with Gasteiger partial charge in [0.2, 0.25) is 0 Å². The number of benzene rings is 3. The average molecular weight is 333 g/mol. The molecule has 4 rings (SSSR count). The minimum atomic E-state index is 0.107. The molecule has 0 radical (unpaired) electrons. The zero-order valence-electron chi connectivity index (χ0n) is 16.7. The lowest BCUT2D eigenvalue weighted by Gasteiger charge is -2.21. The quantitative estimate of drug-likeness (QED) is 0.423. The molecular weight excluding hydrogens is 300 g/mol. The number of rotatable bonds is 1. The lowest BCUT2D eigenvalue weighted by molar-refractivity contribution is 0.661. The van der Waals surface area contributed by atoms with Gasteiger partial charge in [0.05, 0.1) is 0 Å². The molecule has 1 aliphatic carbocycles. The first-order chi connectivity index (χ1) is 12.1. The standard InChI is InChI=1S/C19H16.C4H10.C2H6/c1-19(2)17-10-6-5-9-15(17)16-11-13-7-3-4-8-14(13)12-18(16)19;1-3-4-2;1-2/h3-12H,1-2H3;3-4H2,1-2H3;1-2H3. The molecule has 3 aromatic rings. The van der Waals surface area contributed by atoms with Crippen LogP contribution in [0.4, 0.5) is 0 Å². The normalized spacial score (nSPS) is 13.0. The van der Waals surface area contributed by atoms with Gasteiger partial charge < -0.3 is 0 Å². The molecule has 3 aromatic carbocycles. The molecule has 0 heterocycles. The topological polar surface area (TPSA) is 0 Å². The molecule has 0 N–H and O–H groups in total. The maximum atomic E-state index is 2.37. The van der Waals surface area contributed by atoms with Gasteiger partial charge in [0.15, 0.2) is 0 Å². The highest BCUT2D eigenvalue weighted by molar-refractivity contribution is 5.93. The summed E-state index contributed by atoms with van der Waals surface area (Å²) >= 11 is 0. The van der Waals surface area contributed by atoms with Gasteiger partial charge in [-0.3, -0.25) is 0 Å². The average Bonchev–Trinajstić information content (AvgIpc) is 2.89. The highest BCUT2D eigenvalue weighted by atomic mass is 14.4. The van der Waals surface area contributed by atoms with Crippen molar-refractivity contribution in [3.63, 3.8) is 0 Å². The van der Waals surface area contributed by atoms with E-state index in [9.17, 15) is 0 Å². The molecule has 0 atom stereocenters. The summed E-state index contributed by atoms with van der Waals surface area (Å²) in [6.07, 6.45) is 2.64. The van der Waals surface area contributed by atoms with Gasteiger partial charge in [0, 0.05) is 5.41 Å². The molecule has 0 heteroatoms. The van der Waals surface area contributed by atoms with Crippen molar-refractivity contribution in [2.24, 2.45) is 0 Å². The summed E-state index contributed by atoms with van der Waals surface area (Å²) in [5.41, 5.74) is 5.80. The Morgan fingerprint density at radius 2 is 1.16 bits per heavy atom. The van der Waals surface area contributed by atoms with Crippen molar-refractivity contribution in [1.29, 1.82) is 0 Å². The Morgan fingerprint density at radius 1 is 0.640 bits per heavy atom. The zero-order valence-corrected chi connectivity index (χ0v) is 16.7. The van der Waals surface area contributed by atoms with E-state index < -0.39 is 0 Å². The molecule has 0 aromatic heterocycles. The summed E-state index contributed by atoms with van der Waals surface area (Å²) in [7, 11) is 0. The van der Waals surface area contributed by atoms with Crippen molar-refractivity contribution in [2.75, 3.05) is 0 Å². The number of unbranched alkanes of at least 4 members (excludes halogenated alkanes) is 1. The fourth-order valence-electron chi connectivity index (χ4n) is 3.39. The van der Waals surface area contributed by atoms with Gasteiger partial charge in [-0.25, -0.2) is 0 Å². The highest BCUT2D eigenvalue weighted by Gasteiger charge is 2.35. The SMILES string of the molecule is CC.CC1(C)c2ccccc2-c2cc3ccccc3cc21.CCCC. The van der Waals surface area contributed by atoms with Crippen LogP contribution in [0.2, 0.25) is 0 Å². The van der Waals surface area contributed by atoms with Gasteiger partial charge in [-0.15, -0.1) is 0 Å². The molecule has 0 nitrogen and oxygen atoms in total. The van der Waals surface area contributed by atoms with Gasteiger partial charge >= 0.3 is 0 Å². The number of hydrogen-bond acceptors (Lipinski definition) is 0. The maximum Gasteiger partial charge on any atom is 0.0159 e. The van der Waals surface area contributed by atoms with Crippen LogP contribution in [-0.2, 0) is 5.41 Å². The van der Waals surface area contributed by atoms with E-state index >= 15 is 0 Å². The Bertz CT molecular complexity index is 822. The molecule has 132 valence electrons. The molecule has 0 unspecified atom stereocenters. The lowest BCUT2D eigenvalue weighted by atomic mass is 9.82. The molecular formula is C25H32. The molecule has 0 saturated carbocycles. The predicted octanol–water partition coefficient (Wildman–Crippen LogP) is 7.98. The monoisotopic (exact) mass is 332 g/mol. The Kier molecular flexibility index (Phi) is 6.42. The smallest absolute Gasteiger partial charge is 0.0159 e. The molecule has 0 fully saturated rings. The van der Waals surface area contributed by atoms with E-state index in [4.69, 9.17) is 0 Å². The van der Waals surface area contributed by atoms with Gasteiger partial charge in [-0.2, -0.15) is 0 Å². The van der Waals surface area contributed by atoms with Crippen LogP contribution >= 0.6 is 0 Å². The van der Waals surface area contributed by atoms with Crippen LogP contribution in [0.15, 0.2) is 60.7 Å². The van der Waals surface area contributed by atoms with Crippen molar-refractivity contribution in [2.45, 2.75) is 59.8 Å². The second-order valence-electron chi connectivity index (χ2n) is 6.92. The summed E-state index contributed by atoms with van der Waals surface area (Å²) in [4.78, 5) is 0. The molecule has 0 bridgehead atoms. The molecule has 0 amide bonds.